The Morgan fingerprint density at radius 3 is 1.67 bits per heavy atom. The standard InChI is InChI=1S/C6H4Cl2.C6H11N/c7-5-3-1-2-4-6(5)8;7-6-2-4-1-5(4)3-6/h1-4H;4-6H,1-3,7H2. The maximum Gasteiger partial charge on any atom is 0.0592 e. The summed E-state index contributed by atoms with van der Waals surface area (Å²) in [4.78, 5) is 0. The summed E-state index contributed by atoms with van der Waals surface area (Å²) >= 11 is 11.2. The summed E-state index contributed by atoms with van der Waals surface area (Å²) in [5, 5.41) is 1.21. The number of benzene rings is 1. The quantitative estimate of drug-likeness (QED) is 0.739. The number of nitrogens with two attached hydrogens (primary N) is 1. The monoisotopic (exact) mass is 243 g/mol. The van der Waals surface area contributed by atoms with Gasteiger partial charge in [-0.3, -0.25) is 0 Å². The highest BCUT2D eigenvalue weighted by atomic mass is 35.5. The van der Waals surface area contributed by atoms with E-state index < -0.39 is 0 Å². The largest absolute Gasteiger partial charge is 0.328 e. The molecule has 3 heteroatoms. The molecular weight excluding hydrogens is 229 g/mol. The number of hydrogen-bond donors (Lipinski definition) is 1. The maximum atomic E-state index is 5.66. The van der Waals surface area contributed by atoms with Crippen LogP contribution < -0.4 is 5.73 Å². The number of rotatable bonds is 0. The highest BCUT2D eigenvalue weighted by molar-refractivity contribution is 6.41. The van der Waals surface area contributed by atoms with Crippen LogP contribution in [0.1, 0.15) is 19.3 Å². The SMILES string of the molecule is Clc1ccccc1Cl.NC1CC2CC2C1. The molecule has 0 heterocycles. The van der Waals surface area contributed by atoms with E-state index in [1.807, 2.05) is 12.1 Å². The molecule has 82 valence electrons. The first-order valence-electron chi connectivity index (χ1n) is 5.32. The second-order valence-electron chi connectivity index (χ2n) is 4.40. The van der Waals surface area contributed by atoms with Crippen LogP contribution in [0.4, 0.5) is 0 Å². The Morgan fingerprint density at radius 1 is 0.933 bits per heavy atom. The van der Waals surface area contributed by atoms with Crippen molar-refractivity contribution in [1.82, 2.24) is 0 Å². The van der Waals surface area contributed by atoms with Gasteiger partial charge in [0.05, 0.1) is 10.0 Å². The van der Waals surface area contributed by atoms with Crippen LogP contribution >= 0.6 is 23.2 Å². The van der Waals surface area contributed by atoms with Gasteiger partial charge in [-0.2, -0.15) is 0 Å². The average Bonchev–Trinajstić information content (AvgIpc) is 2.81. The molecule has 0 amide bonds. The van der Waals surface area contributed by atoms with Crippen LogP contribution in [0.5, 0.6) is 0 Å². The Balaban J connectivity index is 0.000000114. The highest BCUT2D eigenvalue weighted by Gasteiger charge is 2.44. The molecule has 2 atom stereocenters. The topological polar surface area (TPSA) is 26.0 Å². The van der Waals surface area contributed by atoms with Gasteiger partial charge < -0.3 is 5.73 Å². The predicted molar refractivity (Wildman–Crippen MR) is 65.3 cm³/mol. The molecule has 2 saturated carbocycles. The second kappa shape index (κ2) is 4.73. The normalized spacial score (nSPS) is 31.5. The van der Waals surface area contributed by atoms with E-state index in [1.165, 1.54) is 19.3 Å². The van der Waals surface area contributed by atoms with E-state index in [4.69, 9.17) is 28.9 Å². The lowest BCUT2D eigenvalue weighted by molar-refractivity contribution is 0.614. The van der Waals surface area contributed by atoms with E-state index in [0.29, 0.717) is 16.1 Å². The molecule has 1 aromatic carbocycles. The van der Waals surface area contributed by atoms with Gasteiger partial charge >= 0.3 is 0 Å². The number of halogens is 2. The molecule has 0 spiro atoms. The van der Waals surface area contributed by atoms with Crippen LogP contribution in [0.2, 0.25) is 10.0 Å². The van der Waals surface area contributed by atoms with Crippen molar-refractivity contribution in [3.63, 3.8) is 0 Å². The third kappa shape index (κ3) is 3.10. The highest BCUT2D eigenvalue weighted by Crippen LogP contribution is 2.50. The molecular formula is C12H15Cl2N. The van der Waals surface area contributed by atoms with Crippen LogP contribution in [-0.2, 0) is 0 Å². The Kier molecular flexibility index (Phi) is 3.55. The van der Waals surface area contributed by atoms with Crippen molar-refractivity contribution >= 4 is 23.2 Å². The van der Waals surface area contributed by atoms with E-state index >= 15 is 0 Å². The van der Waals surface area contributed by atoms with Crippen LogP contribution in [0, 0.1) is 11.8 Å². The molecule has 2 aliphatic rings. The minimum absolute atomic E-state index is 0.573. The van der Waals surface area contributed by atoms with Crippen molar-refractivity contribution in [2.24, 2.45) is 17.6 Å². The second-order valence-corrected chi connectivity index (χ2v) is 5.22. The van der Waals surface area contributed by atoms with Gasteiger partial charge in [-0.1, -0.05) is 35.3 Å². The molecule has 15 heavy (non-hydrogen) atoms. The summed E-state index contributed by atoms with van der Waals surface area (Å²) in [5.41, 5.74) is 5.66. The fraction of sp³-hybridized carbons (Fsp3) is 0.500. The molecule has 0 aromatic heterocycles. The van der Waals surface area contributed by atoms with Crippen molar-refractivity contribution in [3.8, 4) is 0 Å². The predicted octanol–water partition coefficient (Wildman–Crippen LogP) is 3.74. The molecule has 0 radical (unpaired) electrons. The van der Waals surface area contributed by atoms with Gasteiger partial charge in [-0.15, -0.1) is 0 Å². The molecule has 0 bridgehead atoms. The van der Waals surface area contributed by atoms with Gasteiger partial charge in [-0.25, -0.2) is 0 Å². The molecule has 1 aromatic rings. The molecule has 0 saturated heterocycles. The smallest absolute Gasteiger partial charge is 0.0592 e. The van der Waals surface area contributed by atoms with E-state index in [2.05, 4.69) is 0 Å². The van der Waals surface area contributed by atoms with Crippen molar-refractivity contribution in [1.29, 1.82) is 0 Å². The van der Waals surface area contributed by atoms with Gasteiger partial charge in [0.1, 0.15) is 0 Å². The molecule has 2 unspecified atom stereocenters. The van der Waals surface area contributed by atoms with Crippen molar-refractivity contribution in [2.45, 2.75) is 25.3 Å². The van der Waals surface area contributed by atoms with Crippen molar-refractivity contribution in [3.05, 3.63) is 34.3 Å². The van der Waals surface area contributed by atoms with E-state index in [-0.39, 0.29) is 0 Å². The van der Waals surface area contributed by atoms with Gasteiger partial charge in [0.25, 0.3) is 0 Å². The summed E-state index contributed by atoms with van der Waals surface area (Å²) in [7, 11) is 0. The minimum Gasteiger partial charge on any atom is -0.328 e. The summed E-state index contributed by atoms with van der Waals surface area (Å²) in [6.07, 6.45) is 4.14. The zero-order valence-electron chi connectivity index (χ0n) is 8.50. The van der Waals surface area contributed by atoms with Gasteiger partial charge in [0.15, 0.2) is 0 Å². The van der Waals surface area contributed by atoms with Crippen LogP contribution in [0.25, 0.3) is 0 Å². The molecule has 2 fully saturated rings. The van der Waals surface area contributed by atoms with E-state index in [9.17, 15) is 0 Å². The Labute approximate surface area is 101 Å². The lowest BCUT2D eigenvalue weighted by atomic mass is 10.2. The molecule has 2 N–H and O–H groups in total. The molecule has 3 rings (SSSR count). The lowest BCUT2D eigenvalue weighted by Crippen LogP contribution is -2.16. The molecule has 0 aliphatic heterocycles. The zero-order valence-corrected chi connectivity index (χ0v) is 10.0. The van der Waals surface area contributed by atoms with Crippen molar-refractivity contribution < 1.29 is 0 Å². The maximum absolute atomic E-state index is 5.66. The van der Waals surface area contributed by atoms with Gasteiger partial charge in [0.2, 0.25) is 0 Å². The first kappa shape index (κ1) is 11.3. The fourth-order valence-electron chi connectivity index (χ4n) is 2.20. The van der Waals surface area contributed by atoms with Crippen molar-refractivity contribution in [2.75, 3.05) is 0 Å². The van der Waals surface area contributed by atoms with Crippen LogP contribution in [0.15, 0.2) is 24.3 Å². The summed E-state index contributed by atoms with van der Waals surface area (Å²) in [6, 6.07) is 7.76. The summed E-state index contributed by atoms with van der Waals surface area (Å²) in [6.45, 7) is 0. The Hall–Kier alpha value is -0.240. The number of hydrogen-bond acceptors (Lipinski definition) is 1. The third-order valence-electron chi connectivity index (χ3n) is 3.10. The first-order valence-corrected chi connectivity index (χ1v) is 6.08. The summed E-state index contributed by atoms with van der Waals surface area (Å²) < 4.78 is 0. The van der Waals surface area contributed by atoms with E-state index in [1.54, 1.807) is 12.1 Å². The molecule has 1 nitrogen and oxygen atoms in total. The Morgan fingerprint density at radius 2 is 1.40 bits per heavy atom. The zero-order chi connectivity index (χ0) is 10.8. The summed E-state index contributed by atoms with van der Waals surface area (Å²) in [5.74, 6) is 2.13. The third-order valence-corrected chi connectivity index (χ3v) is 3.86. The minimum atomic E-state index is 0.573. The van der Waals surface area contributed by atoms with Gasteiger partial charge in [0, 0.05) is 6.04 Å². The van der Waals surface area contributed by atoms with Crippen LogP contribution in [0.3, 0.4) is 0 Å². The lowest BCUT2D eigenvalue weighted by Gasteiger charge is -1.99. The number of fused-ring (bicyclic) bond motifs is 1. The first-order chi connectivity index (χ1) is 7.16. The molecule has 2 aliphatic carbocycles. The van der Waals surface area contributed by atoms with Crippen LogP contribution in [-0.4, -0.2) is 6.04 Å². The average molecular weight is 244 g/mol. The Bertz CT molecular complexity index is 309. The van der Waals surface area contributed by atoms with E-state index in [0.717, 1.165) is 11.8 Å². The fourth-order valence-corrected chi connectivity index (χ4v) is 2.47. The van der Waals surface area contributed by atoms with Gasteiger partial charge in [-0.05, 0) is 43.2 Å².